The summed E-state index contributed by atoms with van der Waals surface area (Å²) in [4.78, 5) is 16.8. The van der Waals surface area contributed by atoms with Gasteiger partial charge in [-0.05, 0) is 56.7 Å². The van der Waals surface area contributed by atoms with E-state index in [4.69, 9.17) is 23.0 Å². The van der Waals surface area contributed by atoms with Gasteiger partial charge in [0.15, 0.2) is 11.3 Å². The van der Waals surface area contributed by atoms with Crippen molar-refractivity contribution in [3.63, 3.8) is 0 Å². The zero-order chi connectivity index (χ0) is 23.9. The number of aromatic nitrogens is 1. The van der Waals surface area contributed by atoms with E-state index in [1.54, 1.807) is 19.3 Å². The van der Waals surface area contributed by atoms with Gasteiger partial charge < -0.3 is 23.0 Å². The first-order valence-corrected chi connectivity index (χ1v) is 11.3. The summed E-state index contributed by atoms with van der Waals surface area (Å²) in [5.41, 5.74) is 3.15. The van der Waals surface area contributed by atoms with Crippen molar-refractivity contribution in [3.05, 3.63) is 77.6 Å². The molecule has 2 aromatic carbocycles. The van der Waals surface area contributed by atoms with Crippen LogP contribution in [0.5, 0.6) is 5.75 Å². The Balaban J connectivity index is 1.49. The van der Waals surface area contributed by atoms with Crippen LogP contribution in [0.1, 0.15) is 30.9 Å². The van der Waals surface area contributed by atoms with E-state index in [1.165, 1.54) is 0 Å². The average Bonchev–Trinajstić information content (AvgIpc) is 3.48. The molecule has 0 fully saturated rings. The Morgan fingerprint density at radius 2 is 1.82 bits per heavy atom. The van der Waals surface area contributed by atoms with Crippen LogP contribution in [0.2, 0.25) is 0 Å². The van der Waals surface area contributed by atoms with Crippen molar-refractivity contribution >= 4 is 23.0 Å². The predicted octanol–water partition coefficient (Wildman–Crippen LogP) is 5.96. The molecule has 0 spiro atoms. The Labute approximate surface area is 197 Å². The minimum Gasteiger partial charge on any atom is -0.489 e. The van der Waals surface area contributed by atoms with E-state index >= 15 is 0 Å². The molecule has 7 heteroatoms. The van der Waals surface area contributed by atoms with Crippen molar-refractivity contribution in [1.29, 1.82) is 0 Å². The molecular weight excluding hydrogens is 434 g/mol. The Kier molecular flexibility index (Phi) is 7.32. The number of fused-ring (bicyclic) bond motifs is 1. The van der Waals surface area contributed by atoms with Gasteiger partial charge in [0, 0.05) is 17.4 Å². The highest BCUT2D eigenvalue weighted by Crippen LogP contribution is 2.31. The molecule has 4 aromatic rings. The Morgan fingerprint density at radius 3 is 2.59 bits per heavy atom. The first-order chi connectivity index (χ1) is 16.6. The third kappa shape index (κ3) is 5.14. The van der Waals surface area contributed by atoms with Crippen molar-refractivity contribution in [2.24, 2.45) is 0 Å². The number of rotatable bonds is 10. The second-order valence-electron chi connectivity index (χ2n) is 7.46. The zero-order valence-electron chi connectivity index (χ0n) is 19.5. The maximum absolute atomic E-state index is 12.2. The van der Waals surface area contributed by atoms with Crippen LogP contribution >= 0.6 is 0 Å². The summed E-state index contributed by atoms with van der Waals surface area (Å²) in [7, 11) is 0. The number of hydrogen-bond donors (Lipinski definition) is 0. The molecule has 0 unspecified atom stereocenters. The highest BCUT2D eigenvalue weighted by molar-refractivity contribution is 5.97. The molecule has 2 heterocycles. The van der Waals surface area contributed by atoms with Crippen molar-refractivity contribution < 1.29 is 27.8 Å². The molecule has 7 nitrogen and oxygen atoms in total. The van der Waals surface area contributed by atoms with Gasteiger partial charge >= 0.3 is 5.97 Å². The molecule has 0 aliphatic rings. The van der Waals surface area contributed by atoms with Crippen LogP contribution in [0.3, 0.4) is 0 Å². The predicted molar refractivity (Wildman–Crippen MR) is 128 cm³/mol. The van der Waals surface area contributed by atoms with Crippen LogP contribution in [0, 0.1) is 6.92 Å². The van der Waals surface area contributed by atoms with Crippen molar-refractivity contribution in [2.45, 2.75) is 27.2 Å². The van der Waals surface area contributed by atoms with Crippen molar-refractivity contribution in [1.82, 2.24) is 4.98 Å². The van der Waals surface area contributed by atoms with E-state index in [9.17, 15) is 4.79 Å². The topological polar surface area (TPSA) is 83.9 Å². The molecule has 0 N–H and O–H groups in total. The summed E-state index contributed by atoms with van der Waals surface area (Å²) < 4.78 is 28.1. The highest BCUT2D eigenvalue weighted by atomic mass is 16.6. The van der Waals surface area contributed by atoms with Gasteiger partial charge in [-0.3, -0.25) is 0 Å². The monoisotopic (exact) mass is 461 g/mol. The first-order valence-electron chi connectivity index (χ1n) is 11.3. The van der Waals surface area contributed by atoms with Crippen molar-refractivity contribution in [2.75, 3.05) is 19.8 Å². The van der Waals surface area contributed by atoms with Crippen LogP contribution in [0.4, 0.5) is 0 Å². The Morgan fingerprint density at radius 1 is 1.03 bits per heavy atom. The number of carbonyl (C=O) groups is 1. The van der Waals surface area contributed by atoms with Gasteiger partial charge in [-0.15, -0.1) is 0 Å². The number of esters is 1. The second-order valence-corrected chi connectivity index (χ2v) is 7.46. The molecular formula is C27H27NO6. The Hall–Kier alpha value is -4.00. The zero-order valence-corrected chi connectivity index (χ0v) is 19.5. The van der Waals surface area contributed by atoms with E-state index in [1.807, 2.05) is 62.4 Å². The summed E-state index contributed by atoms with van der Waals surface area (Å²) >= 11 is 0. The molecule has 0 saturated heterocycles. The van der Waals surface area contributed by atoms with Gasteiger partial charge in [0.2, 0.25) is 11.6 Å². The van der Waals surface area contributed by atoms with E-state index in [0.29, 0.717) is 36.9 Å². The lowest BCUT2D eigenvalue weighted by Crippen LogP contribution is -2.10. The molecule has 0 aliphatic carbocycles. The van der Waals surface area contributed by atoms with Gasteiger partial charge in [-0.1, -0.05) is 24.3 Å². The smallest absolute Gasteiger partial charge is 0.373 e. The van der Waals surface area contributed by atoms with E-state index < -0.39 is 5.97 Å². The number of nitrogens with zero attached hydrogens (tertiary/aromatic N) is 1. The van der Waals surface area contributed by atoms with E-state index in [0.717, 1.165) is 28.0 Å². The molecule has 0 radical (unpaired) electrons. The van der Waals surface area contributed by atoms with E-state index in [-0.39, 0.29) is 12.4 Å². The number of aryl methyl sites for hydroxylation is 1. The fourth-order valence-corrected chi connectivity index (χ4v) is 3.58. The highest BCUT2D eigenvalue weighted by Gasteiger charge is 2.16. The maximum atomic E-state index is 12.2. The van der Waals surface area contributed by atoms with Crippen LogP contribution in [0.25, 0.3) is 28.5 Å². The summed E-state index contributed by atoms with van der Waals surface area (Å²) in [5.74, 6) is 1.63. The maximum Gasteiger partial charge on any atom is 0.373 e. The van der Waals surface area contributed by atoms with Crippen LogP contribution in [-0.2, 0) is 20.7 Å². The quantitative estimate of drug-likeness (QED) is 0.164. The second kappa shape index (κ2) is 10.7. The number of carbonyl (C=O) groups excluding carboxylic acids is 1. The van der Waals surface area contributed by atoms with Crippen LogP contribution < -0.4 is 4.74 Å². The number of ether oxygens (including phenoxy) is 3. The summed E-state index contributed by atoms with van der Waals surface area (Å²) in [6, 6.07) is 15.3. The third-order valence-corrected chi connectivity index (χ3v) is 5.19. The first kappa shape index (κ1) is 23.2. The largest absolute Gasteiger partial charge is 0.489 e. The number of furan rings is 1. The van der Waals surface area contributed by atoms with E-state index in [2.05, 4.69) is 4.98 Å². The molecule has 0 bridgehead atoms. The number of benzene rings is 2. The lowest BCUT2D eigenvalue weighted by molar-refractivity contribution is -0.142. The lowest BCUT2D eigenvalue weighted by atomic mass is 10.1. The SMILES string of the molecule is CCOC(=O)/C(=C/c1ccc(OCCc2nc(-c3ccccc3)oc2C)c2occc12)OCC. The number of oxazole rings is 1. The minimum absolute atomic E-state index is 0.149. The minimum atomic E-state index is -0.501. The molecule has 0 saturated carbocycles. The fraction of sp³-hybridized carbons (Fsp3) is 0.259. The van der Waals surface area contributed by atoms with Crippen molar-refractivity contribution in [3.8, 4) is 17.2 Å². The summed E-state index contributed by atoms with van der Waals surface area (Å²) in [6.45, 7) is 6.50. The normalized spacial score (nSPS) is 11.6. The van der Waals surface area contributed by atoms with Gasteiger partial charge in [-0.25, -0.2) is 9.78 Å². The van der Waals surface area contributed by atoms with Crippen LogP contribution in [-0.4, -0.2) is 30.8 Å². The fourth-order valence-electron chi connectivity index (χ4n) is 3.58. The lowest BCUT2D eigenvalue weighted by Gasteiger charge is -2.10. The third-order valence-electron chi connectivity index (χ3n) is 5.19. The van der Waals surface area contributed by atoms with Crippen LogP contribution in [0.15, 0.2) is 69.4 Å². The average molecular weight is 462 g/mol. The van der Waals surface area contributed by atoms with Gasteiger partial charge in [0.25, 0.3) is 0 Å². The molecule has 0 amide bonds. The number of hydrogen-bond acceptors (Lipinski definition) is 7. The van der Waals surface area contributed by atoms with Gasteiger partial charge in [0.05, 0.1) is 31.8 Å². The summed E-state index contributed by atoms with van der Waals surface area (Å²) in [6.07, 6.45) is 3.84. The van der Waals surface area contributed by atoms with Gasteiger partial charge in [0.1, 0.15) is 5.76 Å². The molecule has 34 heavy (non-hydrogen) atoms. The molecule has 176 valence electrons. The molecule has 0 atom stereocenters. The Bertz CT molecular complexity index is 1290. The van der Waals surface area contributed by atoms with Gasteiger partial charge in [-0.2, -0.15) is 0 Å². The molecule has 4 rings (SSSR count). The standard InChI is InChI=1S/C27H27NO6/c1-4-30-24(27(29)31-5-2)17-20-11-12-23(25-21(20)13-15-33-25)32-16-14-22-18(3)34-26(28-22)19-9-7-6-8-10-19/h6-13,15,17H,4-5,14,16H2,1-3H3/b24-17-. The molecule has 2 aromatic heterocycles. The molecule has 0 aliphatic heterocycles. The summed E-state index contributed by atoms with van der Waals surface area (Å²) in [5, 5.41) is 0.808.